The van der Waals surface area contributed by atoms with Crippen molar-refractivity contribution in [3.05, 3.63) is 0 Å². The lowest BCUT2D eigenvalue weighted by atomic mass is 9.75. The zero-order valence-corrected chi connectivity index (χ0v) is 16.4. The van der Waals surface area contributed by atoms with Gasteiger partial charge in [0.1, 0.15) is 5.60 Å². The molecule has 1 N–H and O–H groups in total. The van der Waals surface area contributed by atoms with Crippen molar-refractivity contribution in [3.63, 3.8) is 0 Å². The monoisotopic (exact) mass is 339 g/mol. The molecule has 1 heterocycles. The molecule has 0 radical (unpaired) electrons. The summed E-state index contributed by atoms with van der Waals surface area (Å²) in [7, 11) is 0. The molecule has 5 heteroatoms. The fourth-order valence-corrected chi connectivity index (χ4v) is 3.51. The van der Waals surface area contributed by atoms with E-state index in [1.807, 2.05) is 25.7 Å². The largest absolute Gasteiger partial charge is 0.444 e. The van der Waals surface area contributed by atoms with Crippen molar-refractivity contribution in [2.45, 2.75) is 71.9 Å². The van der Waals surface area contributed by atoms with E-state index in [-0.39, 0.29) is 6.09 Å². The molecule has 0 spiro atoms. The highest BCUT2D eigenvalue weighted by molar-refractivity contribution is 5.68. The first-order chi connectivity index (χ1) is 11.1. The number of carbonyl (C=O) groups is 1. The molecule has 2 aliphatic rings. The number of hydrogen-bond donors (Lipinski definition) is 1. The first-order valence-electron chi connectivity index (χ1n) is 9.58. The maximum atomic E-state index is 12.1. The summed E-state index contributed by atoms with van der Waals surface area (Å²) in [5.41, 5.74) is 0.128. The van der Waals surface area contributed by atoms with E-state index in [0.717, 1.165) is 39.3 Å². The van der Waals surface area contributed by atoms with Crippen LogP contribution >= 0.6 is 0 Å². The highest BCUT2D eigenvalue weighted by Crippen LogP contribution is 2.34. The average molecular weight is 340 g/mol. The Hall–Kier alpha value is -0.810. The van der Waals surface area contributed by atoms with E-state index in [2.05, 4.69) is 24.1 Å². The Kier molecular flexibility index (Phi) is 6.54. The summed E-state index contributed by atoms with van der Waals surface area (Å²) < 4.78 is 5.45. The second-order valence-corrected chi connectivity index (χ2v) is 9.20. The van der Waals surface area contributed by atoms with Crippen molar-refractivity contribution >= 4 is 6.09 Å². The van der Waals surface area contributed by atoms with Crippen molar-refractivity contribution in [3.8, 4) is 0 Å². The van der Waals surface area contributed by atoms with Crippen LogP contribution in [0.25, 0.3) is 0 Å². The fraction of sp³-hybridized carbons (Fsp3) is 0.947. The first kappa shape index (κ1) is 19.5. The van der Waals surface area contributed by atoms with Crippen LogP contribution in [0.1, 0.15) is 60.3 Å². The number of ether oxygens (including phenoxy) is 1. The Balaban J connectivity index is 1.59. The zero-order chi connectivity index (χ0) is 17.8. The standard InChI is InChI=1S/C19H37N3O2/c1-18(2,3)24-17(23)22-14-12-21(13-15-22)11-10-20-16-6-8-19(4,5)9-7-16/h16,20H,6-15H2,1-5H3. The summed E-state index contributed by atoms with van der Waals surface area (Å²) in [5, 5.41) is 3.72. The molecular weight excluding hydrogens is 302 g/mol. The molecule has 1 aliphatic heterocycles. The molecule has 5 nitrogen and oxygen atoms in total. The average Bonchev–Trinajstić information content (AvgIpc) is 2.48. The Labute approximate surface area is 148 Å². The van der Waals surface area contributed by atoms with Gasteiger partial charge in [-0.15, -0.1) is 0 Å². The molecular formula is C19H37N3O2. The quantitative estimate of drug-likeness (QED) is 0.855. The smallest absolute Gasteiger partial charge is 0.410 e. The molecule has 0 aromatic heterocycles. The molecule has 0 bridgehead atoms. The van der Waals surface area contributed by atoms with Gasteiger partial charge < -0.3 is 15.0 Å². The minimum Gasteiger partial charge on any atom is -0.444 e. The van der Waals surface area contributed by atoms with E-state index in [9.17, 15) is 4.79 Å². The first-order valence-corrected chi connectivity index (χ1v) is 9.58. The lowest BCUT2D eigenvalue weighted by Crippen LogP contribution is -2.51. The van der Waals surface area contributed by atoms with Gasteiger partial charge in [-0.2, -0.15) is 0 Å². The molecule has 0 atom stereocenters. The molecule has 0 aromatic rings. The second-order valence-electron chi connectivity index (χ2n) is 9.20. The number of hydrogen-bond acceptors (Lipinski definition) is 4. The van der Waals surface area contributed by atoms with Crippen molar-refractivity contribution in [2.24, 2.45) is 5.41 Å². The van der Waals surface area contributed by atoms with Crippen LogP contribution in [-0.2, 0) is 4.74 Å². The Morgan fingerprint density at radius 3 is 2.25 bits per heavy atom. The lowest BCUT2D eigenvalue weighted by molar-refractivity contribution is 0.0145. The number of rotatable bonds is 4. The Morgan fingerprint density at radius 1 is 1.12 bits per heavy atom. The summed E-state index contributed by atoms with van der Waals surface area (Å²) in [5.74, 6) is 0. The third-order valence-electron chi connectivity index (χ3n) is 5.22. The maximum absolute atomic E-state index is 12.1. The maximum Gasteiger partial charge on any atom is 0.410 e. The van der Waals surface area contributed by atoms with Crippen molar-refractivity contribution in [2.75, 3.05) is 39.3 Å². The van der Waals surface area contributed by atoms with Gasteiger partial charge in [0.2, 0.25) is 0 Å². The van der Waals surface area contributed by atoms with Crippen LogP contribution in [0.4, 0.5) is 4.79 Å². The van der Waals surface area contributed by atoms with Gasteiger partial charge in [-0.3, -0.25) is 4.90 Å². The van der Waals surface area contributed by atoms with Crippen LogP contribution in [-0.4, -0.2) is 66.8 Å². The topological polar surface area (TPSA) is 44.8 Å². The number of carbonyl (C=O) groups excluding carboxylic acids is 1. The van der Waals surface area contributed by atoms with E-state index in [1.54, 1.807) is 0 Å². The molecule has 0 unspecified atom stereocenters. The van der Waals surface area contributed by atoms with E-state index in [4.69, 9.17) is 4.74 Å². The van der Waals surface area contributed by atoms with Crippen LogP contribution in [0.2, 0.25) is 0 Å². The summed E-state index contributed by atoms with van der Waals surface area (Å²) in [6.45, 7) is 16.1. The number of amides is 1. The third kappa shape index (κ3) is 6.60. The van der Waals surface area contributed by atoms with Gasteiger partial charge in [-0.1, -0.05) is 13.8 Å². The van der Waals surface area contributed by atoms with Crippen molar-refractivity contribution < 1.29 is 9.53 Å². The molecule has 1 saturated carbocycles. The van der Waals surface area contributed by atoms with Gasteiger partial charge in [0.05, 0.1) is 0 Å². The van der Waals surface area contributed by atoms with Gasteiger partial charge in [0.15, 0.2) is 0 Å². The fourth-order valence-electron chi connectivity index (χ4n) is 3.51. The SMILES string of the molecule is CC1(C)CCC(NCCN2CCN(C(=O)OC(C)(C)C)CC2)CC1. The number of nitrogens with zero attached hydrogens (tertiary/aromatic N) is 2. The van der Waals surface area contributed by atoms with E-state index in [0.29, 0.717) is 11.5 Å². The zero-order valence-electron chi connectivity index (χ0n) is 16.4. The minimum absolute atomic E-state index is 0.176. The highest BCUT2D eigenvalue weighted by Gasteiger charge is 2.27. The summed E-state index contributed by atoms with van der Waals surface area (Å²) in [6, 6.07) is 0.695. The lowest BCUT2D eigenvalue weighted by Gasteiger charge is -2.37. The number of nitrogens with one attached hydrogen (secondary N) is 1. The molecule has 2 fully saturated rings. The Bertz CT molecular complexity index is 399. The van der Waals surface area contributed by atoms with E-state index >= 15 is 0 Å². The highest BCUT2D eigenvalue weighted by atomic mass is 16.6. The molecule has 1 saturated heterocycles. The van der Waals surface area contributed by atoms with Gasteiger partial charge in [-0.05, 0) is 51.9 Å². The van der Waals surface area contributed by atoms with Crippen LogP contribution < -0.4 is 5.32 Å². The summed E-state index contributed by atoms with van der Waals surface area (Å²) in [4.78, 5) is 16.3. The van der Waals surface area contributed by atoms with Gasteiger partial charge in [-0.25, -0.2) is 4.79 Å². The molecule has 2 rings (SSSR count). The van der Waals surface area contributed by atoms with Crippen LogP contribution in [0.5, 0.6) is 0 Å². The summed E-state index contributed by atoms with van der Waals surface area (Å²) in [6.07, 6.45) is 5.10. The third-order valence-corrected chi connectivity index (χ3v) is 5.22. The van der Waals surface area contributed by atoms with E-state index < -0.39 is 5.60 Å². The predicted octanol–water partition coefficient (Wildman–Crippen LogP) is 3.10. The van der Waals surface area contributed by atoms with Gasteiger partial charge in [0.25, 0.3) is 0 Å². The molecule has 140 valence electrons. The molecule has 0 aromatic carbocycles. The predicted molar refractivity (Wildman–Crippen MR) is 98.3 cm³/mol. The van der Waals surface area contributed by atoms with Crippen molar-refractivity contribution in [1.29, 1.82) is 0 Å². The number of piperazine rings is 1. The second kappa shape index (κ2) is 8.05. The molecule has 1 aliphatic carbocycles. The molecule has 24 heavy (non-hydrogen) atoms. The van der Waals surface area contributed by atoms with Crippen LogP contribution in [0.3, 0.4) is 0 Å². The minimum atomic E-state index is -0.410. The van der Waals surface area contributed by atoms with Crippen LogP contribution in [0, 0.1) is 5.41 Å². The van der Waals surface area contributed by atoms with Gasteiger partial charge >= 0.3 is 6.09 Å². The normalized spacial score (nSPS) is 23.3. The van der Waals surface area contributed by atoms with E-state index in [1.165, 1.54) is 25.7 Å². The van der Waals surface area contributed by atoms with Crippen molar-refractivity contribution in [1.82, 2.24) is 15.1 Å². The van der Waals surface area contributed by atoms with Gasteiger partial charge in [0, 0.05) is 45.3 Å². The summed E-state index contributed by atoms with van der Waals surface area (Å²) >= 11 is 0. The molecule has 1 amide bonds. The van der Waals surface area contributed by atoms with Crippen LogP contribution in [0.15, 0.2) is 0 Å². The Morgan fingerprint density at radius 2 is 1.71 bits per heavy atom.